The number of carbonyl (C=O) groups is 1. The van der Waals surface area contributed by atoms with Gasteiger partial charge in [-0.3, -0.25) is 4.68 Å². The molecule has 0 saturated heterocycles. The van der Waals surface area contributed by atoms with E-state index in [9.17, 15) is 4.79 Å². The standard InChI is InChI=1S/C11H11ClN2O2S/c1-6-10(12)7(2)14(13-6)5-8-3-4-9(17-8)11(15)16/h3-4H,5H2,1-2H3,(H,15,16). The van der Waals surface area contributed by atoms with Crippen LogP contribution in [-0.4, -0.2) is 20.9 Å². The smallest absolute Gasteiger partial charge is 0.345 e. The zero-order chi connectivity index (χ0) is 12.6. The minimum absolute atomic E-state index is 0.340. The van der Waals surface area contributed by atoms with Crippen LogP contribution in [0.25, 0.3) is 0 Å². The van der Waals surface area contributed by atoms with Crippen LogP contribution in [0.1, 0.15) is 25.9 Å². The van der Waals surface area contributed by atoms with Gasteiger partial charge in [0, 0.05) is 4.88 Å². The number of aromatic carboxylic acids is 1. The van der Waals surface area contributed by atoms with Crippen molar-refractivity contribution < 1.29 is 9.90 Å². The Morgan fingerprint density at radius 2 is 2.24 bits per heavy atom. The van der Waals surface area contributed by atoms with Crippen LogP contribution in [0.5, 0.6) is 0 Å². The second-order valence-electron chi connectivity index (χ2n) is 3.71. The molecule has 0 spiro atoms. The van der Waals surface area contributed by atoms with Crippen LogP contribution in [0.3, 0.4) is 0 Å². The lowest BCUT2D eigenvalue weighted by Gasteiger charge is -2.01. The Bertz CT molecular complexity index is 574. The lowest BCUT2D eigenvalue weighted by molar-refractivity contribution is 0.0702. The van der Waals surface area contributed by atoms with Gasteiger partial charge in [0.05, 0.1) is 23.0 Å². The molecule has 0 aliphatic carbocycles. The van der Waals surface area contributed by atoms with Crippen LogP contribution in [0.4, 0.5) is 0 Å². The Hall–Kier alpha value is -1.33. The van der Waals surface area contributed by atoms with E-state index in [2.05, 4.69) is 5.10 Å². The van der Waals surface area contributed by atoms with Crippen molar-refractivity contribution in [3.8, 4) is 0 Å². The maximum Gasteiger partial charge on any atom is 0.345 e. The van der Waals surface area contributed by atoms with Crippen molar-refractivity contribution in [3.63, 3.8) is 0 Å². The molecule has 2 aromatic heterocycles. The first-order valence-corrected chi connectivity index (χ1v) is 6.20. The molecule has 0 fully saturated rings. The molecule has 0 atom stereocenters. The molecular weight excluding hydrogens is 260 g/mol. The van der Waals surface area contributed by atoms with Crippen LogP contribution in [0.2, 0.25) is 5.02 Å². The summed E-state index contributed by atoms with van der Waals surface area (Å²) >= 11 is 7.30. The van der Waals surface area contributed by atoms with Gasteiger partial charge in [-0.25, -0.2) is 4.79 Å². The molecule has 2 aromatic rings. The Kier molecular flexibility index (Phi) is 3.22. The van der Waals surface area contributed by atoms with E-state index in [0.29, 0.717) is 16.4 Å². The molecule has 0 saturated carbocycles. The minimum atomic E-state index is -0.896. The van der Waals surface area contributed by atoms with Gasteiger partial charge in [0.25, 0.3) is 0 Å². The summed E-state index contributed by atoms with van der Waals surface area (Å²) < 4.78 is 1.79. The maximum absolute atomic E-state index is 10.8. The summed E-state index contributed by atoms with van der Waals surface area (Å²) in [4.78, 5) is 12.0. The highest BCUT2D eigenvalue weighted by molar-refractivity contribution is 7.13. The van der Waals surface area contributed by atoms with Crippen molar-refractivity contribution in [2.24, 2.45) is 0 Å². The van der Waals surface area contributed by atoms with Crippen molar-refractivity contribution in [1.82, 2.24) is 9.78 Å². The largest absolute Gasteiger partial charge is 0.477 e. The second-order valence-corrected chi connectivity index (χ2v) is 5.26. The van der Waals surface area contributed by atoms with Crippen molar-refractivity contribution >= 4 is 28.9 Å². The first-order valence-electron chi connectivity index (χ1n) is 5.00. The van der Waals surface area contributed by atoms with Gasteiger partial charge in [0.1, 0.15) is 4.88 Å². The third kappa shape index (κ3) is 2.35. The van der Waals surface area contributed by atoms with Gasteiger partial charge in [0.15, 0.2) is 0 Å². The maximum atomic E-state index is 10.8. The lowest BCUT2D eigenvalue weighted by atomic mass is 10.4. The normalized spacial score (nSPS) is 10.8. The number of aromatic nitrogens is 2. The van der Waals surface area contributed by atoms with Gasteiger partial charge in [0.2, 0.25) is 0 Å². The number of rotatable bonds is 3. The molecule has 0 aromatic carbocycles. The molecule has 17 heavy (non-hydrogen) atoms. The van der Waals surface area contributed by atoms with Gasteiger partial charge < -0.3 is 5.11 Å². The van der Waals surface area contributed by atoms with Crippen molar-refractivity contribution in [2.45, 2.75) is 20.4 Å². The van der Waals surface area contributed by atoms with Crippen LogP contribution in [0.15, 0.2) is 12.1 Å². The molecule has 0 bridgehead atoms. The number of aryl methyl sites for hydroxylation is 1. The topological polar surface area (TPSA) is 55.1 Å². The van der Waals surface area contributed by atoms with Gasteiger partial charge in [-0.2, -0.15) is 5.10 Å². The molecule has 2 rings (SSSR count). The zero-order valence-electron chi connectivity index (χ0n) is 9.40. The van der Waals surface area contributed by atoms with Crippen molar-refractivity contribution in [1.29, 1.82) is 0 Å². The van der Waals surface area contributed by atoms with E-state index in [-0.39, 0.29) is 0 Å². The fourth-order valence-electron chi connectivity index (χ4n) is 1.55. The molecule has 0 amide bonds. The lowest BCUT2D eigenvalue weighted by Crippen LogP contribution is -2.02. The monoisotopic (exact) mass is 270 g/mol. The number of halogens is 1. The second kappa shape index (κ2) is 4.50. The van der Waals surface area contributed by atoms with E-state index in [0.717, 1.165) is 16.3 Å². The molecule has 0 aliphatic heterocycles. The highest BCUT2D eigenvalue weighted by atomic mass is 35.5. The summed E-state index contributed by atoms with van der Waals surface area (Å²) in [6, 6.07) is 3.41. The highest BCUT2D eigenvalue weighted by Crippen LogP contribution is 2.22. The summed E-state index contributed by atoms with van der Waals surface area (Å²) in [5.74, 6) is -0.896. The predicted octanol–water partition coefficient (Wildman–Crippen LogP) is 2.96. The molecule has 90 valence electrons. The molecule has 2 heterocycles. The Balaban J connectivity index is 2.25. The molecule has 1 N–H and O–H groups in total. The molecule has 0 aliphatic rings. The quantitative estimate of drug-likeness (QED) is 0.933. The molecule has 6 heteroatoms. The summed E-state index contributed by atoms with van der Waals surface area (Å²) in [6.07, 6.45) is 0. The fourth-order valence-corrected chi connectivity index (χ4v) is 2.52. The number of hydrogen-bond donors (Lipinski definition) is 1. The summed E-state index contributed by atoms with van der Waals surface area (Å²) in [5, 5.41) is 13.8. The Morgan fingerprint density at radius 1 is 1.53 bits per heavy atom. The van der Waals surface area contributed by atoms with Gasteiger partial charge >= 0.3 is 5.97 Å². The Labute approximate surface area is 107 Å². The number of carboxylic acid groups (broad SMARTS) is 1. The first-order chi connectivity index (χ1) is 7.99. The summed E-state index contributed by atoms with van der Waals surface area (Å²) in [6.45, 7) is 4.30. The van der Waals surface area contributed by atoms with E-state index in [1.807, 2.05) is 13.8 Å². The van der Waals surface area contributed by atoms with Crippen molar-refractivity contribution in [2.75, 3.05) is 0 Å². The number of nitrogens with zero attached hydrogens (tertiary/aromatic N) is 2. The number of hydrogen-bond acceptors (Lipinski definition) is 3. The molecule has 4 nitrogen and oxygen atoms in total. The summed E-state index contributed by atoms with van der Waals surface area (Å²) in [5.41, 5.74) is 1.69. The zero-order valence-corrected chi connectivity index (χ0v) is 11.0. The third-order valence-corrected chi connectivity index (χ3v) is 4.08. The minimum Gasteiger partial charge on any atom is -0.477 e. The average Bonchev–Trinajstić information content (AvgIpc) is 2.82. The SMILES string of the molecule is Cc1nn(Cc2ccc(C(=O)O)s2)c(C)c1Cl. The number of carboxylic acids is 1. The predicted molar refractivity (Wildman–Crippen MR) is 67.1 cm³/mol. The van der Waals surface area contributed by atoms with E-state index >= 15 is 0 Å². The van der Waals surface area contributed by atoms with E-state index in [1.54, 1.807) is 16.8 Å². The van der Waals surface area contributed by atoms with Gasteiger partial charge in [-0.05, 0) is 26.0 Å². The first kappa shape index (κ1) is 12.1. The fraction of sp³-hybridized carbons (Fsp3) is 0.273. The Morgan fingerprint density at radius 3 is 2.71 bits per heavy atom. The average molecular weight is 271 g/mol. The molecule has 0 unspecified atom stereocenters. The summed E-state index contributed by atoms with van der Waals surface area (Å²) in [7, 11) is 0. The molecular formula is C11H11ClN2O2S. The van der Waals surface area contributed by atoms with Gasteiger partial charge in [-0.15, -0.1) is 11.3 Å². The van der Waals surface area contributed by atoms with E-state index in [4.69, 9.17) is 16.7 Å². The van der Waals surface area contributed by atoms with Crippen LogP contribution < -0.4 is 0 Å². The van der Waals surface area contributed by atoms with Crippen LogP contribution in [0, 0.1) is 13.8 Å². The third-order valence-electron chi connectivity index (χ3n) is 2.47. The van der Waals surface area contributed by atoms with Crippen molar-refractivity contribution in [3.05, 3.63) is 38.3 Å². The van der Waals surface area contributed by atoms with E-state index < -0.39 is 5.97 Å². The molecule has 0 radical (unpaired) electrons. The van der Waals surface area contributed by atoms with Gasteiger partial charge in [-0.1, -0.05) is 11.6 Å². The highest BCUT2D eigenvalue weighted by Gasteiger charge is 2.11. The van der Waals surface area contributed by atoms with E-state index in [1.165, 1.54) is 11.3 Å². The van der Waals surface area contributed by atoms with Crippen LogP contribution in [-0.2, 0) is 6.54 Å². The van der Waals surface area contributed by atoms with Crippen LogP contribution >= 0.6 is 22.9 Å². The number of thiophene rings is 1.